The Hall–Kier alpha value is -2.19. The lowest BCUT2D eigenvalue weighted by Gasteiger charge is -2.55. The monoisotopic (exact) mass is 420 g/mol. The maximum absolute atomic E-state index is 12.8. The van der Waals surface area contributed by atoms with Gasteiger partial charge >= 0.3 is 17.9 Å². The van der Waals surface area contributed by atoms with Gasteiger partial charge in [-0.25, -0.2) is 9.59 Å². The highest BCUT2D eigenvalue weighted by molar-refractivity contribution is 5.93. The quantitative estimate of drug-likeness (QED) is 0.319. The van der Waals surface area contributed by atoms with E-state index in [1.54, 1.807) is 26.8 Å². The van der Waals surface area contributed by atoms with E-state index in [1.165, 1.54) is 6.92 Å². The molecule has 1 spiro atoms. The minimum atomic E-state index is -1.89. The van der Waals surface area contributed by atoms with Crippen LogP contribution in [0.3, 0.4) is 0 Å². The van der Waals surface area contributed by atoms with E-state index in [0.29, 0.717) is 12.0 Å². The maximum Gasteiger partial charge on any atom is 0.336 e. The summed E-state index contributed by atoms with van der Waals surface area (Å²) in [6.45, 7) is 10.1. The molecule has 7 atom stereocenters. The Morgan fingerprint density at radius 1 is 1.27 bits per heavy atom. The molecule has 0 aromatic rings. The lowest BCUT2D eigenvalue weighted by atomic mass is 9.51. The van der Waals surface area contributed by atoms with Crippen molar-refractivity contribution in [1.29, 1.82) is 0 Å². The first-order chi connectivity index (χ1) is 13.9. The van der Waals surface area contributed by atoms with E-state index in [0.717, 1.165) is 0 Å². The molecule has 3 fully saturated rings. The van der Waals surface area contributed by atoms with Crippen LogP contribution in [-0.4, -0.2) is 52.7 Å². The lowest BCUT2D eigenvalue weighted by Crippen LogP contribution is -2.66. The SMILES string of the molecule is C/C=C(/C)C(=O)O[C@@H]1C2=C(C)C(=O)O[C@@]2(O)C[C@@]23O[C@@H]2C[C@H](OC(C)=O)[C@H](C)[C@@]13C. The number of aliphatic hydroxyl groups is 1. The van der Waals surface area contributed by atoms with Crippen LogP contribution in [0.2, 0.25) is 0 Å². The van der Waals surface area contributed by atoms with Crippen LogP contribution in [0.1, 0.15) is 54.4 Å². The molecule has 2 saturated carbocycles. The zero-order valence-electron chi connectivity index (χ0n) is 18.1. The minimum Gasteiger partial charge on any atom is -0.462 e. The molecule has 4 aliphatic rings. The van der Waals surface area contributed by atoms with Crippen molar-refractivity contribution in [3.8, 4) is 0 Å². The number of carbonyl (C=O) groups is 3. The lowest BCUT2D eigenvalue weighted by molar-refractivity contribution is -0.232. The normalized spacial score (nSPS) is 44.5. The fourth-order valence-electron chi connectivity index (χ4n) is 5.66. The average Bonchev–Trinajstić information content (AvgIpc) is 3.30. The number of rotatable bonds is 3. The van der Waals surface area contributed by atoms with E-state index in [4.69, 9.17) is 18.9 Å². The molecule has 1 saturated heterocycles. The van der Waals surface area contributed by atoms with Gasteiger partial charge in [-0.05, 0) is 20.8 Å². The van der Waals surface area contributed by atoms with E-state index in [-0.39, 0.29) is 29.6 Å². The molecule has 2 aliphatic carbocycles. The number of esters is 3. The Balaban J connectivity index is 1.86. The summed E-state index contributed by atoms with van der Waals surface area (Å²) in [4.78, 5) is 36.8. The van der Waals surface area contributed by atoms with E-state index in [2.05, 4.69) is 0 Å². The highest BCUT2D eigenvalue weighted by atomic mass is 16.7. The minimum absolute atomic E-state index is 0.0490. The zero-order chi connectivity index (χ0) is 22.2. The molecule has 2 aliphatic heterocycles. The molecule has 2 heterocycles. The van der Waals surface area contributed by atoms with Crippen molar-refractivity contribution >= 4 is 17.9 Å². The fraction of sp³-hybridized carbons (Fsp3) is 0.682. The third-order valence-corrected chi connectivity index (χ3v) is 7.68. The molecule has 0 bridgehead atoms. The number of epoxide rings is 1. The third-order valence-electron chi connectivity index (χ3n) is 7.68. The van der Waals surface area contributed by atoms with Crippen LogP contribution in [0, 0.1) is 11.3 Å². The fourth-order valence-corrected chi connectivity index (χ4v) is 5.66. The van der Waals surface area contributed by atoms with Gasteiger partial charge in [0.15, 0.2) is 0 Å². The van der Waals surface area contributed by atoms with Crippen LogP contribution < -0.4 is 0 Å². The van der Waals surface area contributed by atoms with Crippen molar-refractivity contribution in [3.63, 3.8) is 0 Å². The van der Waals surface area contributed by atoms with Gasteiger partial charge in [-0.1, -0.05) is 19.9 Å². The molecule has 0 radical (unpaired) electrons. The van der Waals surface area contributed by atoms with Crippen LogP contribution in [-0.2, 0) is 33.3 Å². The first kappa shape index (κ1) is 21.1. The first-order valence-corrected chi connectivity index (χ1v) is 10.3. The van der Waals surface area contributed by atoms with E-state index in [1.807, 2.05) is 13.8 Å². The van der Waals surface area contributed by atoms with Crippen molar-refractivity contribution in [2.45, 2.75) is 84.1 Å². The summed E-state index contributed by atoms with van der Waals surface area (Å²) in [6.07, 6.45) is 0.415. The van der Waals surface area contributed by atoms with Crippen LogP contribution in [0.15, 0.2) is 22.8 Å². The Morgan fingerprint density at radius 3 is 2.53 bits per heavy atom. The largest absolute Gasteiger partial charge is 0.462 e. The van der Waals surface area contributed by atoms with Crippen LogP contribution >= 0.6 is 0 Å². The molecule has 0 amide bonds. The summed E-state index contributed by atoms with van der Waals surface area (Å²) in [5.74, 6) is -3.76. The van der Waals surface area contributed by atoms with Gasteiger partial charge in [0.1, 0.15) is 17.8 Å². The predicted octanol–water partition coefficient (Wildman–Crippen LogP) is 1.95. The molecule has 0 aromatic heterocycles. The summed E-state index contributed by atoms with van der Waals surface area (Å²) in [5, 5.41) is 11.3. The number of hydrogen-bond donors (Lipinski definition) is 1. The highest BCUT2D eigenvalue weighted by Gasteiger charge is 2.82. The summed E-state index contributed by atoms with van der Waals surface area (Å²) >= 11 is 0. The zero-order valence-corrected chi connectivity index (χ0v) is 18.1. The predicted molar refractivity (Wildman–Crippen MR) is 103 cm³/mol. The van der Waals surface area contributed by atoms with Crippen molar-refractivity contribution in [2.24, 2.45) is 11.3 Å². The van der Waals surface area contributed by atoms with Gasteiger partial charge in [-0.15, -0.1) is 0 Å². The number of ether oxygens (including phenoxy) is 4. The van der Waals surface area contributed by atoms with Gasteiger partial charge in [-0.2, -0.15) is 0 Å². The standard InChI is InChI=1S/C22H28O8/c1-7-10(2)18(24)28-17-16-11(3)19(25)30-22(16,26)9-21-15(29-21)8-14(27-13(5)23)12(4)20(17,21)6/h7,12,14-15,17,26H,8-9H2,1-6H3/b10-7-/t12-,14-,15+,17+,20-,21+,22-/m0/s1. The number of hydrogen-bond acceptors (Lipinski definition) is 8. The Labute approximate surface area is 175 Å². The number of fused-ring (bicyclic) bond motifs is 1. The van der Waals surface area contributed by atoms with Crippen molar-refractivity contribution in [1.82, 2.24) is 0 Å². The van der Waals surface area contributed by atoms with Gasteiger partial charge in [0.05, 0.1) is 11.7 Å². The van der Waals surface area contributed by atoms with Gasteiger partial charge in [-0.3, -0.25) is 4.79 Å². The number of carbonyl (C=O) groups excluding carboxylic acids is 3. The van der Waals surface area contributed by atoms with Gasteiger partial charge in [0, 0.05) is 42.2 Å². The molecule has 30 heavy (non-hydrogen) atoms. The molecular weight excluding hydrogens is 392 g/mol. The van der Waals surface area contributed by atoms with E-state index >= 15 is 0 Å². The highest BCUT2D eigenvalue weighted by Crippen LogP contribution is 2.71. The Kier molecular flexibility index (Phi) is 4.50. The maximum atomic E-state index is 12.8. The van der Waals surface area contributed by atoms with Gasteiger partial charge in [0.25, 0.3) is 0 Å². The molecule has 164 valence electrons. The average molecular weight is 420 g/mol. The molecule has 8 heteroatoms. The van der Waals surface area contributed by atoms with Crippen LogP contribution in [0.25, 0.3) is 0 Å². The van der Waals surface area contributed by atoms with Crippen molar-refractivity contribution in [2.75, 3.05) is 0 Å². The summed E-state index contributed by atoms with van der Waals surface area (Å²) in [6, 6.07) is 0. The second-order valence-electron chi connectivity index (χ2n) is 9.10. The summed E-state index contributed by atoms with van der Waals surface area (Å²) in [5.41, 5.74) is -0.832. The molecule has 0 unspecified atom stereocenters. The van der Waals surface area contributed by atoms with Crippen molar-refractivity contribution < 1.29 is 38.4 Å². The third kappa shape index (κ3) is 2.56. The van der Waals surface area contributed by atoms with Crippen molar-refractivity contribution in [3.05, 3.63) is 22.8 Å². The van der Waals surface area contributed by atoms with Crippen LogP contribution in [0.4, 0.5) is 0 Å². The van der Waals surface area contributed by atoms with Gasteiger partial charge in [0.2, 0.25) is 5.79 Å². The molecule has 8 nitrogen and oxygen atoms in total. The first-order valence-electron chi connectivity index (χ1n) is 10.3. The Bertz CT molecular complexity index is 903. The molecular formula is C22H28O8. The second kappa shape index (κ2) is 6.40. The molecule has 1 N–H and O–H groups in total. The smallest absolute Gasteiger partial charge is 0.336 e. The van der Waals surface area contributed by atoms with Gasteiger partial charge < -0.3 is 24.1 Å². The molecule has 0 aromatic carbocycles. The number of allylic oxidation sites excluding steroid dienone is 1. The summed E-state index contributed by atoms with van der Waals surface area (Å²) < 4.78 is 23.0. The summed E-state index contributed by atoms with van der Waals surface area (Å²) in [7, 11) is 0. The molecule has 4 rings (SSSR count). The second-order valence-corrected chi connectivity index (χ2v) is 9.10. The van der Waals surface area contributed by atoms with E-state index < -0.39 is 46.9 Å². The topological polar surface area (TPSA) is 112 Å². The van der Waals surface area contributed by atoms with E-state index in [9.17, 15) is 19.5 Å². The Morgan fingerprint density at radius 2 is 1.93 bits per heavy atom. The van der Waals surface area contributed by atoms with Crippen LogP contribution in [0.5, 0.6) is 0 Å².